The summed E-state index contributed by atoms with van der Waals surface area (Å²) in [5.74, 6) is 0. The van der Waals surface area contributed by atoms with Crippen LogP contribution in [0.2, 0.25) is 0 Å². The third kappa shape index (κ3) is 4.93. The van der Waals surface area contributed by atoms with Gasteiger partial charge in [0, 0.05) is 19.6 Å². The standard InChI is InChI=1S/C12H17FN12O5/c13-6-7(21-25-17)12(29-5(9(6)27)2-18-22-14)30-11-4(20-24-16)1-3(19-23-15)8(26)10(11)28/h3-12,26-28H,1-2H2/t3-,4+,5-,6-,7-,8+,9+,10-,11-,12-/m1/s1. The fraction of sp³-hybridized carbons (Fsp3) is 1.00. The van der Waals surface area contributed by atoms with Crippen molar-refractivity contribution in [3.05, 3.63) is 41.8 Å². The van der Waals surface area contributed by atoms with Gasteiger partial charge in [0.2, 0.25) is 0 Å². The van der Waals surface area contributed by atoms with Crippen molar-refractivity contribution >= 4 is 0 Å². The minimum absolute atomic E-state index is 0.209. The minimum Gasteiger partial charge on any atom is -0.390 e. The molecule has 0 spiro atoms. The second-order valence-corrected chi connectivity index (χ2v) is 6.45. The lowest BCUT2D eigenvalue weighted by molar-refractivity contribution is -0.280. The quantitative estimate of drug-likeness (QED) is 0.306. The summed E-state index contributed by atoms with van der Waals surface area (Å²) < 4.78 is 25.5. The Morgan fingerprint density at radius 2 is 1.53 bits per heavy atom. The summed E-state index contributed by atoms with van der Waals surface area (Å²) in [6.07, 6.45) is -12.1. The molecular formula is C12H17FN12O5. The van der Waals surface area contributed by atoms with Gasteiger partial charge in [-0.1, -0.05) is 20.5 Å². The number of aliphatic hydroxyl groups excluding tert-OH is 3. The SMILES string of the molecule is [N-]=[N+]=NC[C@H]1O[C@H](O[C@H]2[C@H](O)[C@@H](O)[C@H](N=[N+]=[N-])C[C@@H]2N=[N+]=[N-])[C@H](N=[N+]=[N-])[C@@H](F)[C@H]1O. The molecule has 1 saturated carbocycles. The van der Waals surface area contributed by atoms with E-state index in [2.05, 4.69) is 40.1 Å². The van der Waals surface area contributed by atoms with Crippen LogP contribution in [0.3, 0.4) is 0 Å². The van der Waals surface area contributed by atoms with E-state index in [0.29, 0.717) is 0 Å². The van der Waals surface area contributed by atoms with E-state index in [-0.39, 0.29) is 6.42 Å². The molecule has 18 heteroatoms. The molecule has 2 fully saturated rings. The van der Waals surface area contributed by atoms with Gasteiger partial charge in [-0.25, -0.2) is 4.39 Å². The molecule has 17 nitrogen and oxygen atoms in total. The van der Waals surface area contributed by atoms with Gasteiger partial charge in [-0.05, 0) is 28.5 Å². The fourth-order valence-corrected chi connectivity index (χ4v) is 3.31. The molecule has 1 saturated heterocycles. The average molecular weight is 428 g/mol. The number of hydrogen-bond donors (Lipinski definition) is 3. The Morgan fingerprint density at radius 3 is 2.13 bits per heavy atom. The van der Waals surface area contributed by atoms with Gasteiger partial charge in [0.05, 0.1) is 36.9 Å². The Labute approximate surface area is 166 Å². The van der Waals surface area contributed by atoms with Gasteiger partial charge in [0.25, 0.3) is 0 Å². The number of azide groups is 4. The largest absolute Gasteiger partial charge is 0.390 e. The lowest BCUT2D eigenvalue weighted by atomic mass is 9.84. The van der Waals surface area contributed by atoms with E-state index in [0.717, 1.165) is 0 Å². The van der Waals surface area contributed by atoms with E-state index in [9.17, 15) is 19.7 Å². The number of hydrogen-bond acceptors (Lipinski definition) is 9. The smallest absolute Gasteiger partial charge is 0.170 e. The van der Waals surface area contributed by atoms with Crippen LogP contribution in [0.25, 0.3) is 41.8 Å². The molecule has 0 aromatic heterocycles. The molecule has 0 amide bonds. The number of nitrogens with zero attached hydrogens (tertiary/aromatic N) is 12. The molecule has 0 aromatic carbocycles. The van der Waals surface area contributed by atoms with Crippen LogP contribution in [0.1, 0.15) is 6.42 Å². The predicted octanol–water partition coefficient (Wildman–Crippen LogP) is 1.27. The van der Waals surface area contributed by atoms with Gasteiger partial charge in [0.15, 0.2) is 6.29 Å². The molecule has 1 aliphatic carbocycles. The zero-order valence-corrected chi connectivity index (χ0v) is 15.1. The van der Waals surface area contributed by atoms with Crippen LogP contribution in [0.15, 0.2) is 20.5 Å². The van der Waals surface area contributed by atoms with Crippen molar-refractivity contribution in [3.63, 3.8) is 0 Å². The van der Waals surface area contributed by atoms with E-state index >= 15 is 0 Å². The first kappa shape index (κ1) is 23.3. The van der Waals surface area contributed by atoms with Gasteiger partial charge in [-0.2, -0.15) is 0 Å². The van der Waals surface area contributed by atoms with Crippen molar-refractivity contribution in [2.45, 2.75) is 67.5 Å². The maximum absolute atomic E-state index is 14.6. The molecule has 3 N–H and O–H groups in total. The number of aliphatic hydroxyl groups is 3. The van der Waals surface area contributed by atoms with Crippen molar-refractivity contribution in [1.29, 1.82) is 0 Å². The first-order valence-corrected chi connectivity index (χ1v) is 8.52. The summed E-state index contributed by atoms with van der Waals surface area (Å²) in [7, 11) is 0. The van der Waals surface area contributed by atoms with E-state index < -0.39 is 67.7 Å². The van der Waals surface area contributed by atoms with Crippen LogP contribution in [0.5, 0.6) is 0 Å². The molecule has 1 heterocycles. The number of rotatable bonds is 7. The molecule has 30 heavy (non-hydrogen) atoms. The normalized spacial score (nSPS) is 40.7. The first-order chi connectivity index (χ1) is 14.4. The Hall–Kier alpha value is -3.03. The summed E-state index contributed by atoms with van der Waals surface area (Å²) in [5.41, 5.74) is 34.5. The molecule has 162 valence electrons. The Morgan fingerprint density at radius 1 is 0.900 bits per heavy atom. The number of alkyl halides is 1. The highest BCUT2D eigenvalue weighted by Crippen LogP contribution is 2.33. The van der Waals surface area contributed by atoms with Crippen molar-refractivity contribution in [2.24, 2.45) is 20.5 Å². The average Bonchev–Trinajstić information content (AvgIpc) is 2.73. The van der Waals surface area contributed by atoms with Crippen LogP contribution >= 0.6 is 0 Å². The minimum atomic E-state index is -2.18. The van der Waals surface area contributed by atoms with Crippen molar-refractivity contribution < 1.29 is 29.2 Å². The number of ether oxygens (including phenoxy) is 2. The van der Waals surface area contributed by atoms with Gasteiger partial charge >= 0.3 is 0 Å². The molecule has 10 atom stereocenters. The zero-order valence-electron chi connectivity index (χ0n) is 15.1. The summed E-state index contributed by atoms with van der Waals surface area (Å²) >= 11 is 0. The predicted molar refractivity (Wildman–Crippen MR) is 93.9 cm³/mol. The molecule has 0 bridgehead atoms. The number of halogens is 1. The van der Waals surface area contributed by atoms with Crippen LogP contribution in [-0.2, 0) is 9.47 Å². The lowest BCUT2D eigenvalue weighted by Gasteiger charge is -2.44. The molecule has 1 aliphatic heterocycles. The molecular weight excluding hydrogens is 411 g/mol. The fourth-order valence-electron chi connectivity index (χ4n) is 3.31. The molecule has 2 aliphatic rings. The molecule has 0 unspecified atom stereocenters. The maximum Gasteiger partial charge on any atom is 0.170 e. The molecule has 0 radical (unpaired) electrons. The van der Waals surface area contributed by atoms with Crippen molar-refractivity contribution in [1.82, 2.24) is 0 Å². The Bertz CT molecular complexity index is 805. The van der Waals surface area contributed by atoms with Crippen LogP contribution in [0, 0.1) is 0 Å². The second kappa shape index (κ2) is 10.7. The molecule has 0 aromatic rings. The maximum atomic E-state index is 14.6. The first-order valence-electron chi connectivity index (χ1n) is 8.52. The van der Waals surface area contributed by atoms with E-state index in [1.54, 1.807) is 0 Å². The van der Waals surface area contributed by atoms with Crippen LogP contribution in [0.4, 0.5) is 4.39 Å². The van der Waals surface area contributed by atoms with E-state index in [1.807, 2.05) is 0 Å². The third-order valence-corrected chi connectivity index (χ3v) is 4.77. The van der Waals surface area contributed by atoms with Gasteiger partial charge in [-0.3, -0.25) is 0 Å². The summed E-state index contributed by atoms with van der Waals surface area (Å²) in [6, 6.07) is -4.01. The summed E-state index contributed by atoms with van der Waals surface area (Å²) in [6.45, 7) is -0.477. The van der Waals surface area contributed by atoms with Crippen LogP contribution in [-0.4, -0.2) is 83.0 Å². The zero-order chi connectivity index (χ0) is 22.3. The summed E-state index contributed by atoms with van der Waals surface area (Å²) in [4.78, 5) is 10.1. The van der Waals surface area contributed by atoms with E-state index in [1.165, 1.54) is 0 Å². The van der Waals surface area contributed by atoms with Gasteiger partial charge in [-0.15, -0.1) is 0 Å². The highest BCUT2D eigenvalue weighted by atomic mass is 19.1. The van der Waals surface area contributed by atoms with Crippen LogP contribution < -0.4 is 0 Å². The highest BCUT2D eigenvalue weighted by molar-refractivity contribution is 5.02. The van der Waals surface area contributed by atoms with Gasteiger partial charge < -0.3 is 24.8 Å². The Balaban J connectivity index is 2.33. The Kier molecular flexibility index (Phi) is 8.26. The third-order valence-electron chi connectivity index (χ3n) is 4.77. The van der Waals surface area contributed by atoms with E-state index in [4.69, 9.17) is 31.6 Å². The van der Waals surface area contributed by atoms with Crippen molar-refractivity contribution in [3.8, 4) is 0 Å². The second-order valence-electron chi connectivity index (χ2n) is 6.45. The monoisotopic (exact) mass is 428 g/mol. The topological polar surface area (TPSA) is 274 Å². The molecule has 2 rings (SSSR count). The summed E-state index contributed by atoms with van der Waals surface area (Å²) in [5, 5.41) is 43.7. The van der Waals surface area contributed by atoms with Gasteiger partial charge in [0.1, 0.15) is 24.4 Å². The van der Waals surface area contributed by atoms with Crippen molar-refractivity contribution in [2.75, 3.05) is 6.54 Å². The highest BCUT2D eigenvalue weighted by Gasteiger charge is 2.50. The lowest BCUT2D eigenvalue weighted by Crippen LogP contribution is -2.61.